The molecule has 3 heterocycles. The third-order valence-electron chi connectivity index (χ3n) is 5.66. The Morgan fingerprint density at radius 3 is 2.89 bits per heavy atom. The number of thiazole rings is 1. The molecule has 1 saturated carbocycles. The van der Waals surface area contributed by atoms with E-state index in [-0.39, 0.29) is 17.7 Å². The normalized spacial score (nSPS) is 20.5. The van der Waals surface area contributed by atoms with Gasteiger partial charge < -0.3 is 10.2 Å². The molecule has 0 spiro atoms. The van der Waals surface area contributed by atoms with Gasteiger partial charge in [0.05, 0.1) is 17.3 Å². The number of hydrogen-bond donors (Lipinski definition) is 1. The topological polar surface area (TPSA) is 75.2 Å². The molecule has 2 aromatic rings. The van der Waals surface area contributed by atoms with Crippen LogP contribution in [0.2, 0.25) is 0 Å². The highest BCUT2D eigenvalue weighted by atomic mass is 32.1. The van der Waals surface area contributed by atoms with Crippen LogP contribution in [0.1, 0.15) is 44.2 Å². The van der Waals surface area contributed by atoms with Crippen molar-refractivity contribution in [1.29, 1.82) is 0 Å². The fourth-order valence-corrected chi connectivity index (χ4v) is 4.97. The van der Waals surface area contributed by atoms with Crippen molar-refractivity contribution in [3.63, 3.8) is 0 Å². The van der Waals surface area contributed by atoms with Gasteiger partial charge >= 0.3 is 0 Å². The van der Waals surface area contributed by atoms with Gasteiger partial charge in [-0.15, -0.1) is 11.3 Å². The second-order valence-corrected chi connectivity index (χ2v) is 8.50. The number of aromatic nitrogens is 2. The van der Waals surface area contributed by atoms with Crippen LogP contribution >= 0.6 is 11.3 Å². The van der Waals surface area contributed by atoms with Crippen molar-refractivity contribution >= 4 is 23.2 Å². The first-order valence-corrected chi connectivity index (χ1v) is 11.0. The number of pyridine rings is 1. The van der Waals surface area contributed by atoms with Gasteiger partial charge in [0.1, 0.15) is 5.01 Å². The van der Waals surface area contributed by atoms with Crippen molar-refractivity contribution in [2.24, 2.45) is 5.92 Å². The summed E-state index contributed by atoms with van der Waals surface area (Å²) in [7, 11) is 0. The lowest BCUT2D eigenvalue weighted by atomic mass is 9.94. The Labute approximate surface area is 169 Å². The third kappa shape index (κ3) is 4.41. The summed E-state index contributed by atoms with van der Waals surface area (Å²) in [4.78, 5) is 35.8. The van der Waals surface area contributed by atoms with Crippen molar-refractivity contribution in [2.45, 2.75) is 51.0 Å². The molecule has 1 atom stereocenters. The number of carbonyl (C=O) groups is 2. The second-order valence-electron chi connectivity index (χ2n) is 7.64. The molecule has 0 radical (unpaired) electrons. The van der Waals surface area contributed by atoms with Crippen LogP contribution in [0.5, 0.6) is 0 Å². The number of nitrogens with zero attached hydrogens (tertiary/aromatic N) is 3. The molecule has 6 nitrogen and oxygen atoms in total. The van der Waals surface area contributed by atoms with Crippen LogP contribution in [0.4, 0.5) is 0 Å². The van der Waals surface area contributed by atoms with Crippen molar-refractivity contribution in [3.05, 3.63) is 35.5 Å². The van der Waals surface area contributed by atoms with E-state index >= 15 is 0 Å². The van der Waals surface area contributed by atoms with Gasteiger partial charge in [0, 0.05) is 43.5 Å². The van der Waals surface area contributed by atoms with Gasteiger partial charge in [0.25, 0.3) is 0 Å². The molecule has 1 N–H and O–H groups in total. The van der Waals surface area contributed by atoms with Crippen molar-refractivity contribution in [3.8, 4) is 10.7 Å². The number of nitrogens with one attached hydrogen (secondary N) is 1. The van der Waals surface area contributed by atoms with E-state index in [1.54, 1.807) is 17.5 Å². The fraction of sp³-hybridized carbons (Fsp3) is 0.524. The van der Waals surface area contributed by atoms with Gasteiger partial charge in [0.15, 0.2) is 0 Å². The summed E-state index contributed by atoms with van der Waals surface area (Å²) in [6, 6.07) is 6.12. The lowest BCUT2D eigenvalue weighted by Crippen LogP contribution is -2.39. The highest BCUT2D eigenvalue weighted by Crippen LogP contribution is 2.28. The van der Waals surface area contributed by atoms with Crippen molar-refractivity contribution in [1.82, 2.24) is 20.2 Å². The molecule has 2 fully saturated rings. The fourth-order valence-electron chi connectivity index (χ4n) is 4.14. The highest BCUT2D eigenvalue weighted by molar-refractivity contribution is 7.13. The number of amides is 2. The predicted octanol–water partition coefficient (Wildman–Crippen LogP) is 3.05. The lowest BCUT2D eigenvalue weighted by molar-refractivity contribution is -0.130. The first-order valence-electron chi connectivity index (χ1n) is 10.1. The highest BCUT2D eigenvalue weighted by Gasteiger charge is 2.37. The predicted molar refractivity (Wildman–Crippen MR) is 109 cm³/mol. The van der Waals surface area contributed by atoms with Gasteiger partial charge in [-0.3, -0.25) is 14.6 Å². The minimum absolute atomic E-state index is 0.00756. The van der Waals surface area contributed by atoms with Crippen molar-refractivity contribution < 1.29 is 9.59 Å². The summed E-state index contributed by atoms with van der Waals surface area (Å²) >= 11 is 1.57. The quantitative estimate of drug-likeness (QED) is 0.812. The standard InChI is InChI=1S/C21H26N4O2S/c26-19-12-15(13-25(19)17-6-2-1-3-7-17)20(27)23-11-9-16-14-28-21(24-16)18-8-4-5-10-22-18/h4-5,8,10,14-15,17H,1-3,6-7,9,11-13H2,(H,23,27). The molecule has 1 saturated heterocycles. The van der Waals surface area contributed by atoms with Crippen LogP contribution in [0.25, 0.3) is 10.7 Å². The van der Waals surface area contributed by atoms with Crippen LogP contribution in [0.3, 0.4) is 0 Å². The SMILES string of the molecule is O=C(NCCc1csc(-c2ccccn2)n1)C1CC(=O)N(C2CCCCC2)C1. The van der Waals surface area contributed by atoms with E-state index < -0.39 is 0 Å². The van der Waals surface area contributed by atoms with Gasteiger partial charge in [0.2, 0.25) is 11.8 Å². The summed E-state index contributed by atoms with van der Waals surface area (Å²) < 4.78 is 0. The zero-order chi connectivity index (χ0) is 19.3. The molecule has 28 heavy (non-hydrogen) atoms. The Hall–Kier alpha value is -2.28. The zero-order valence-electron chi connectivity index (χ0n) is 16.0. The Morgan fingerprint density at radius 1 is 1.25 bits per heavy atom. The summed E-state index contributed by atoms with van der Waals surface area (Å²) in [6.07, 6.45) is 8.62. The van der Waals surface area contributed by atoms with E-state index in [0.29, 0.717) is 32.0 Å². The van der Waals surface area contributed by atoms with Crippen LogP contribution in [0, 0.1) is 5.92 Å². The van der Waals surface area contributed by atoms with Crippen LogP contribution in [-0.4, -0.2) is 45.8 Å². The van der Waals surface area contributed by atoms with Crippen molar-refractivity contribution in [2.75, 3.05) is 13.1 Å². The molecule has 1 aliphatic heterocycles. The molecular formula is C21H26N4O2S. The summed E-state index contributed by atoms with van der Waals surface area (Å²) in [5.41, 5.74) is 1.83. The molecule has 0 bridgehead atoms. The van der Waals surface area contributed by atoms with Crippen LogP contribution in [0.15, 0.2) is 29.8 Å². The number of hydrogen-bond acceptors (Lipinski definition) is 5. The molecule has 2 amide bonds. The molecule has 2 aliphatic rings. The lowest BCUT2D eigenvalue weighted by Gasteiger charge is -2.31. The maximum absolute atomic E-state index is 12.5. The van der Waals surface area contributed by atoms with E-state index in [1.807, 2.05) is 28.5 Å². The summed E-state index contributed by atoms with van der Waals surface area (Å²) in [5.74, 6) is -0.0765. The van der Waals surface area contributed by atoms with Crippen LogP contribution in [-0.2, 0) is 16.0 Å². The van der Waals surface area contributed by atoms with Gasteiger partial charge in [-0.05, 0) is 25.0 Å². The largest absolute Gasteiger partial charge is 0.355 e. The van der Waals surface area contributed by atoms with Gasteiger partial charge in [-0.25, -0.2) is 4.98 Å². The first kappa shape index (κ1) is 19.1. The van der Waals surface area contributed by atoms with Gasteiger partial charge in [-0.1, -0.05) is 25.3 Å². The second kappa shape index (κ2) is 8.82. The molecule has 1 unspecified atom stereocenters. The molecule has 7 heteroatoms. The van der Waals surface area contributed by atoms with Crippen LogP contribution < -0.4 is 5.32 Å². The smallest absolute Gasteiger partial charge is 0.225 e. The minimum atomic E-state index is -0.214. The Morgan fingerprint density at radius 2 is 2.11 bits per heavy atom. The number of likely N-dealkylation sites (tertiary alicyclic amines) is 1. The molecule has 148 valence electrons. The van der Waals surface area contributed by atoms with E-state index in [0.717, 1.165) is 29.2 Å². The number of carbonyl (C=O) groups excluding carboxylic acids is 2. The molecule has 4 rings (SSSR count). The van der Waals surface area contributed by atoms with E-state index in [1.165, 1.54) is 19.3 Å². The molecular weight excluding hydrogens is 372 g/mol. The Balaban J connectivity index is 1.25. The van der Waals surface area contributed by atoms with E-state index in [4.69, 9.17) is 0 Å². The molecule has 0 aromatic carbocycles. The Kier molecular flexibility index (Phi) is 6.00. The summed E-state index contributed by atoms with van der Waals surface area (Å²) in [6.45, 7) is 1.12. The number of rotatable bonds is 6. The third-order valence-corrected chi connectivity index (χ3v) is 6.57. The monoisotopic (exact) mass is 398 g/mol. The average Bonchev–Trinajstić information content (AvgIpc) is 3.36. The van der Waals surface area contributed by atoms with E-state index in [9.17, 15) is 9.59 Å². The van der Waals surface area contributed by atoms with E-state index in [2.05, 4.69) is 15.3 Å². The average molecular weight is 399 g/mol. The summed E-state index contributed by atoms with van der Waals surface area (Å²) in [5, 5.41) is 5.91. The Bertz CT molecular complexity index is 817. The minimum Gasteiger partial charge on any atom is -0.355 e. The first-order chi connectivity index (χ1) is 13.7. The maximum atomic E-state index is 12.5. The maximum Gasteiger partial charge on any atom is 0.225 e. The molecule has 2 aromatic heterocycles. The zero-order valence-corrected chi connectivity index (χ0v) is 16.8. The molecule has 1 aliphatic carbocycles. The van der Waals surface area contributed by atoms with Gasteiger partial charge in [-0.2, -0.15) is 0 Å².